The van der Waals surface area contributed by atoms with Gasteiger partial charge in [0.2, 0.25) is 5.43 Å². The maximum absolute atomic E-state index is 11.2. The molecule has 0 aliphatic carbocycles. The fraction of sp³-hybridized carbons (Fsp3) is 0.375. The number of nitrogen functional groups attached to an aromatic ring is 1. The molecule has 1 aromatic heterocycles. The highest BCUT2D eigenvalue weighted by Gasteiger charge is 2.02. The maximum Gasteiger partial charge on any atom is 0.218 e. The third-order valence-electron chi connectivity index (χ3n) is 1.70. The predicted octanol–water partition coefficient (Wildman–Crippen LogP) is 0.572. The maximum atomic E-state index is 11.2. The molecular formula is C8H11BrN2O2S. The van der Waals surface area contributed by atoms with Gasteiger partial charge in [0.1, 0.15) is 0 Å². The lowest BCUT2D eigenvalue weighted by atomic mass is 10.4. The molecule has 78 valence electrons. The standard InChI is InChI=1S/C8H11BrN2O2S/c1-14(13)3-2-11-4-6(9)8(12)7(10)5-11/h4-5H,2-3,10H2,1H3. The molecule has 14 heavy (non-hydrogen) atoms. The van der Waals surface area contributed by atoms with E-state index in [1.54, 1.807) is 23.2 Å². The van der Waals surface area contributed by atoms with Crippen LogP contribution in [0.1, 0.15) is 0 Å². The third-order valence-corrected chi connectivity index (χ3v) is 3.02. The third kappa shape index (κ3) is 2.95. The highest BCUT2D eigenvalue weighted by molar-refractivity contribution is 9.10. The fourth-order valence-electron chi connectivity index (χ4n) is 0.980. The first kappa shape index (κ1) is 11.5. The summed E-state index contributed by atoms with van der Waals surface area (Å²) in [6.07, 6.45) is 4.84. The Hall–Kier alpha value is -0.620. The molecule has 6 heteroatoms. The van der Waals surface area contributed by atoms with Crippen molar-refractivity contribution >= 4 is 32.4 Å². The molecule has 0 aliphatic heterocycles. The molecule has 4 nitrogen and oxygen atoms in total. The van der Waals surface area contributed by atoms with Crippen molar-refractivity contribution in [2.75, 3.05) is 17.7 Å². The highest BCUT2D eigenvalue weighted by atomic mass is 79.9. The number of aryl methyl sites for hydroxylation is 1. The number of hydrogen-bond donors (Lipinski definition) is 1. The molecule has 0 amide bonds. The van der Waals surface area contributed by atoms with Gasteiger partial charge < -0.3 is 10.3 Å². The number of rotatable bonds is 3. The SMILES string of the molecule is CS(=O)CCn1cc(N)c(=O)c(Br)c1. The second-order valence-corrected chi connectivity index (χ2v) is 5.31. The summed E-state index contributed by atoms with van der Waals surface area (Å²) in [6.45, 7) is 0.589. The molecule has 0 aromatic carbocycles. The second kappa shape index (κ2) is 4.75. The smallest absolute Gasteiger partial charge is 0.218 e. The van der Waals surface area contributed by atoms with E-state index >= 15 is 0 Å². The summed E-state index contributed by atoms with van der Waals surface area (Å²) < 4.78 is 13.0. The Labute approximate surface area is 92.7 Å². The van der Waals surface area contributed by atoms with Crippen LogP contribution in [0.4, 0.5) is 5.69 Å². The number of hydrogen-bond acceptors (Lipinski definition) is 3. The Kier molecular flexibility index (Phi) is 3.88. The molecule has 1 heterocycles. The predicted molar refractivity (Wildman–Crippen MR) is 61.7 cm³/mol. The zero-order valence-corrected chi connectivity index (χ0v) is 10.1. The summed E-state index contributed by atoms with van der Waals surface area (Å²) in [4.78, 5) is 11.2. The summed E-state index contributed by atoms with van der Waals surface area (Å²) >= 11 is 3.11. The van der Waals surface area contributed by atoms with Crippen LogP contribution >= 0.6 is 15.9 Å². The zero-order valence-electron chi connectivity index (χ0n) is 7.70. The molecule has 1 rings (SSSR count). The minimum absolute atomic E-state index is 0.196. The Morgan fingerprint density at radius 3 is 2.71 bits per heavy atom. The summed E-state index contributed by atoms with van der Waals surface area (Å²) in [5, 5.41) is 0. The lowest BCUT2D eigenvalue weighted by Crippen LogP contribution is -2.15. The van der Waals surface area contributed by atoms with E-state index in [0.717, 1.165) is 0 Å². The molecule has 1 atom stereocenters. The van der Waals surface area contributed by atoms with Crippen LogP contribution < -0.4 is 11.2 Å². The minimum Gasteiger partial charge on any atom is -0.394 e. The number of nitrogens with zero attached hydrogens (tertiary/aromatic N) is 1. The van der Waals surface area contributed by atoms with E-state index in [2.05, 4.69) is 15.9 Å². The molecule has 0 saturated heterocycles. The van der Waals surface area contributed by atoms with E-state index in [1.807, 2.05) is 0 Å². The Bertz CT molecular complexity index is 390. The van der Waals surface area contributed by atoms with Crippen LogP contribution in [0.15, 0.2) is 21.7 Å². The van der Waals surface area contributed by atoms with Crippen LogP contribution in [0.5, 0.6) is 0 Å². The van der Waals surface area contributed by atoms with E-state index in [-0.39, 0.29) is 11.1 Å². The van der Waals surface area contributed by atoms with Crippen LogP contribution in [0.2, 0.25) is 0 Å². The molecule has 0 aliphatic rings. The largest absolute Gasteiger partial charge is 0.394 e. The van der Waals surface area contributed by atoms with Crippen molar-refractivity contribution in [1.82, 2.24) is 4.57 Å². The van der Waals surface area contributed by atoms with E-state index in [9.17, 15) is 9.00 Å². The second-order valence-electron chi connectivity index (χ2n) is 2.91. The first-order chi connectivity index (χ1) is 6.50. The van der Waals surface area contributed by atoms with Gasteiger partial charge >= 0.3 is 0 Å². The van der Waals surface area contributed by atoms with Crippen LogP contribution in [0.25, 0.3) is 0 Å². The van der Waals surface area contributed by atoms with Crippen molar-refractivity contribution in [2.45, 2.75) is 6.54 Å². The van der Waals surface area contributed by atoms with E-state index in [1.165, 1.54) is 0 Å². The summed E-state index contributed by atoms with van der Waals surface area (Å²) in [7, 11) is -0.840. The number of halogens is 1. The van der Waals surface area contributed by atoms with Crippen LogP contribution in [-0.2, 0) is 17.3 Å². The Balaban J connectivity index is 2.90. The lowest BCUT2D eigenvalue weighted by Gasteiger charge is -2.06. The molecule has 0 saturated carbocycles. The summed E-state index contributed by atoms with van der Waals surface area (Å²) in [6, 6.07) is 0. The molecule has 0 bridgehead atoms. The van der Waals surface area contributed by atoms with Gasteiger partial charge in [-0.1, -0.05) is 0 Å². The Morgan fingerprint density at radius 1 is 1.57 bits per heavy atom. The quantitative estimate of drug-likeness (QED) is 0.879. The number of nitrogens with two attached hydrogens (primary N) is 1. The normalized spacial score (nSPS) is 12.7. The number of pyridine rings is 1. The van der Waals surface area contributed by atoms with Crippen molar-refractivity contribution < 1.29 is 4.21 Å². The summed E-state index contributed by atoms with van der Waals surface area (Å²) in [5.41, 5.74) is 5.47. The summed E-state index contributed by atoms with van der Waals surface area (Å²) in [5.74, 6) is 0.550. The van der Waals surface area contributed by atoms with Gasteiger partial charge in [-0.3, -0.25) is 9.00 Å². The van der Waals surface area contributed by atoms with Gasteiger partial charge in [-0.25, -0.2) is 0 Å². The molecular weight excluding hydrogens is 268 g/mol. The number of anilines is 1. The van der Waals surface area contributed by atoms with Crippen molar-refractivity contribution in [2.24, 2.45) is 0 Å². The van der Waals surface area contributed by atoms with Gasteiger partial charge in [-0.15, -0.1) is 0 Å². The Morgan fingerprint density at radius 2 is 2.21 bits per heavy atom. The minimum atomic E-state index is -0.840. The first-order valence-corrected chi connectivity index (χ1v) is 6.48. The van der Waals surface area contributed by atoms with E-state index in [0.29, 0.717) is 16.8 Å². The average molecular weight is 279 g/mol. The molecule has 2 N–H and O–H groups in total. The van der Waals surface area contributed by atoms with Gasteiger partial charge in [0.25, 0.3) is 0 Å². The average Bonchev–Trinajstić information content (AvgIpc) is 2.10. The monoisotopic (exact) mass is 278 g/mol. The van der Waals surface area contributed by atoms with Crippen molar-refractivity contribution in [3.05, 3.63) is 27.1 Å². The molecule has 1 unspecified atom stereocenters. The van der Waals surface area contributed by atoms with Gasteiger partial charge in [0.05, 0.1) is 10.2 Å². The fourth-order valence-corrected chi connectivity index (χ4v) is 1.94. The topological polar surface area (TPSA) is 65.1 Å². The van der Waals surface area contributed by atoms with E-state index < -0.39 is 10.8 Å². The van der Waals surface area contributed by atoms with Crippen LogP contribution in [-0.4, -0.2) is 20.8 Å². The van der Waals surface area contributed by atoms with Crippen molar-refractivity contribution in [3.8, 4) is 0 Å². The molecule has 1 aromatic rings. The zero-order chi connectivity index (χ0) is 10.7. The van der Waals surface area contributed by atoms with Crippen molar-refractivity contribution in [3.63, 3.8) is 0 Å². The molecule has 0 fully saturated rings. The van der Waals surface area contributed by atoms with Crippen LogP contribution in [0.3, 0.4) is 0 Å². The van der Waals surface area contributed by atoms with Gasteiger partial charge in [0.15, 0.2) is 0 Å². The highest BCUT2D eigenvalue weighted by Crippen LogP contribution is 2.06. The van der Waals surface area contributed by atoms with Crippen LogP contribution in [0, 0.1) is 0 Å². The molecule has 0 radical (unpaired) electrons. The van der Waals surface area contributed by atoms with E-state index in [4.69, 9.17) is 5.73 Å². The van der Waals surface area contributed by atoms with Gasteiger partial charge in [0, 0.05) is 41.7 Å². The number of aromatic nitrogens is 1. The van der Waals surface area contributed by atoms with Gasteiger partial charge in [-0.05, 0) is 15.9 Å². The first-order valence-electron chi connectivity index (χ1n) is 3.96. The molecule has 0 spiro atoms. The van der Waals surface area contributed by atoms with Crippen molar-refractivity contribution in [1.29, 1.82) is 0 Å². The lowest BCUT2D eigenvalue weighted by molar-refractivity contribution is 0.676. The van der Waals surface area contributed by atoms with Gasteiger partial charge in [-0.2, -0.15) is 0 Å².